The quantitative estimate of drug-likeness (QED) is 0.785. The molecule has 17 heavy (non-hydrogen) atoms. The van der Waals surface area contributed by atoms with Crippen LogP contribution >= 0.6 is 0 Å². The van der Waals surface area contributed by atoms with Crippen molar-refractivity contribution in [2.45, 2.75) is 51.5 Å². The smallest absolute Gasteiger partial charge is 0.0586 e. The largest absolute Gasteiger partial charge is 0.395 e. The Morgan fingerprint density at radius 1 is 1.35 bits per heavy atom. The van der Waals surface area contributed by atoms with Crippen molar-refractivity contribution in [2.24, 2.45) is 17.1 Å². The molecule has 0 amide bonds. The summed E-state index contributed by atoms with van der Waals surface area (Å²) >= 11 is 0. The summed E-state index contributed by atoms with van der Waals surface area (Å²) in [6.45, 7) is 5.75. The molecule has 0 aromatic heterocycles. The maximum absolute atomic E-state index is 9.40. The Labute approximate surface area is 105 Å². The molecule has 3 nitrogen and oxygen atoms in total. The number of hydrogen-bond acceptors (Lipinski definition) is 3. The molecule has 1 heterocycles. The van der Waals surface area contributed by atoms with Crippen LogP contribution in [0.1, 0.15) is 45.4 Å². The Balaban J connectivity index is 1.98. The Morgan fingerprint density at radius 2 is 2.18 bits per heavy atom. The molecule has 0 aromatic carbocycles. The molecule has 3 N–H and O–H groups in total. The lowest BCUT2D eigenvalue weighted by Crippen LogP contribution is -2.47. The molecule has 1 aliphatic carbocycles. The van der Waals surface area contributed by atoms with E-state index in [0.717, 1.165) is 32.0 Å². The van der Waals surface area contributed by atoms with Gasteiger partial charge in [-0.3, -0.25) is 4.90 Å². The summed E-state index contributed by atoms with van der Waals surface area (Å²) in [6, 6.07) is 0.399. The molecule has 1 aliphatic heterocycles. The van der Waals surface area contributed by atoms with Gasteiger partial charge in [0.25, 0.3) is 0 Å². The lowest BCUT2D eigenvalue weighted by molar-refractivity contribution is 0.0648. The average Bonchev–Trinajstić information content (AvgIpc) is 2.76. The predicted molar refractivity (Wildman–Crippen MR) is 70.8 cm³/mol. The molecule has 1 saturated carbocycles. The van der Waals surface area contributed by atoms with Crippen LogP contribution in [0.25, 0.3) is 0 Å². The highest BCUT2D eigenvalue weighted by molar-refractivity contribution is 4.92. The summed E-state index contributed by atoms with van der Waals surface area (Å²) in [5.74, 6) is 0.822. The van der Waals surface area contributed by atoms with E-state index >= 15 is 0 Å². The van der Waals surface area contributed by atoms with Gasteiger partial charge in [0.1, 0.15) is 0 Å². The molecule has 1 saturated heterocycles. The van der Waals surface area contributed by atoms with Crippen molar-refractivity contribution in [2.75, 3.05) is 26.2 Å². The topological polar surface area (TPSA) is 49.5 Å². The minimum absolute atomic E-state index is 0.316. The van der Waals surface area contributed by atoms with Gasteiger partial charge in [-0.05, 0) is 50.1 Å². The van der Waals surface area contributed by atoms with Gasteiger partial charge in [-0.1, -0.05) is 19.8 Å². The molecule has 2 aliphatic rings. The Hall–Kier alpha value is -0.120. The van der Waals surface area contributed by atoms with Gasteiger partial charge in [0.05, 0.1) is 6.61 Å². The molecule has 2 rings (SSSR count). The molecule has 0 aromatic rings. The molecule has 0 radical (unpaired) electrons. The van der Waals surface area contributed by atoms with Crippen molar-refractivity contribution in [3.63, 3.8) is 0 Å². The number of nitrogens with zero attached hydrogens (tertiary/aromatic N) is 1. The minimum Gasteiger partial charge on any atom is -0.395 e. The standard InChI is InChI=1S/C14H28N2O/c1-12-4-2-6-14(8-12,10-15)11-16-7-3-5-13(16)9-17/h12-13,17H,2-11,15H2,1H3. The van der Waals surface area contributed by atoms with Gasteiger partial charge >= 0.3 is 0 Å². The van der Waals surface area contributed by atoms with Gasteiger partial charge in [-0.25, -0.2) is 0 Å². The monoisotopic (exact) mass is 240 g/mol. The summed E-state index contributed by atoms with van der Waals surface area (Å²) < 4.78 is 0. The Morgan fingerprint density at radius 3 is 2.82 bits per heavy atom. The van der Waals surface area contributed by atoms with Crippen LogP contribution in [0.2, 0.25) is 0 Å². The van der Waals surface area contributed by atoms with Crippen LogP contribution in [-0.2, 0) is 0 Å². The van der Waals surface area contributed by atoms with E-state index in [9.17, 15) is 5.11 Å². The number of aliphatic hydroxyl groups is 1. The van der Waals surface area contributed by atoms with E-state index in [0.29, 0.717) is 18.1 Å². The van der Waals surface area contributed by atoms with Gasteiger partial charge in [-0.15, -0.1) is 0 Å². The summed E-state index contributed by atoms with van der Waals surface area (Å²) in [7, 11) is 0. The van der Waals surface area contributed by atoms with E-state index in [1.807, 2.05) is 0 Å². The minimum atomic E-state index is 0.316. The molecule has 3 atom stereocenters. The number of nitrogens with two attached hydrogens (primary N) is 1. The van der Waals surface area contributed by atoms with E-state index in [1.165, 1.54) is 32.1 Å². The molecule has 0 bridgehead atoms. The van der Waals surface area contributed by atoms with Gasteiger partial charge in [0.15, 0.2) is 0 Å². The number of hydrogen-bond donors (Lipinski definition) is 2. The van der Waals surface area contributed by atoms with Gasteiger partial charge < -0.3 is 10.8 Å². The second-order valence-corrected chi connectivity index (χ2v) is 6.35. The fourth-order valence-electron chi connectivity index (χ4n) is 3.90. The fraction of sp³-hybridized carbons (Fsp3) is 1.00. The second-order valence-electron chi connectivity index (χ2n) is 6.35. The van der Waals surface area contributed by atoms with Crippen LogP contribution in [0.5, 0.6) is 0 Å². The first-order valence-corrected chi connectivity index (χ1v) is 7.24. The van der Waals surface area contributed by atoms with Gasteiger partial charge in [0, 0.05) is 12.6 Å². The van der Waals surface area contributed by atoms with Crippen molar-refractivity contribution < 1.29 is 5.11 Å². The molecule has 2 fully saturated rings. The van der Waals surface area contributed by atoms with Crippen molar-refractivity contribution in [1.29, 1.82) is 0 Å². The molecular formula is C14H28N2O. The molecular weight excluding hydrogens is 212 g/mol. The summed E-state index contributed by atoms with van der Waals surface area (Å²) in [6.07, 6.45) is 7.65. The Bertz CT molecular complexity index is 246. The van der Waals surface area contributed by atoms with E-state index in [2.05, 4.69) is 11.8 Å². The number of rotatable bonds is 4. The summed E-state index contributed by atoms with van der Waals surface area (Å²) in [5, 5.41) is 9.40. The van der Waals surface area contributed by atoms with Crippen molar-refractivity contribution >= 4 is 0 Å². The van der Waals surface area contributed by atoms with E-state index in [4.69, 9.17) is 5.73 Å². The normalized spacial score (nSPS) is 39.7. The van der Waals surface area contributed by atoms with Crippen LogP contribution in [0.3, 0.4) is 0 Å². The summed E-state index contributed by atoms with van der Waals surface area (Å²) in [4.78, 5) is 2.49. The third-order valence-corrected chi connectivity index (χ3v) is 4.87. The van der Waals surface area contributed by atoms with Crippen LogP contribution in [-0.4, -0.2) is 42.3 Å². The van der Waals surface area contributed by atoms with E-state index < -0.39 is 0 Å². The number of aliphatic hydroxyl groups excluding tert-OH is 1. The third-order valence-electron chi connectivity index (χ3n) is 4.87. The van der Waals surface area contributed by atoms with Crippen LogP contribution in [0, 0.1) is 11.3 Å². The second kappa shape index (κ2) is 5.68. The zero-order chi connectivity index (χ0) is 12.3. The highest BCUT2D eigenvalue weighted by Gasteiger charge is 2.37. The van der Waals surface area contributed by atoms with Gasteiger partial charge in [-0.2, -0.15) is 0 Å². The SMILES string of the molecule is CC1CCCC(CN)(CN2CCCC2CO)C1. The highest BCUT2D eigenvalue weighted by atomic mass is 16.3. The number of likely N-dealkylation sites (tertiary alicyclic amines) is 1. The molecule has 3 unspecified atom stereocenters. The van der Waals surface area contributed by atoms with Gasteiger partial charge in [0.2, 0.25) is 0 Å². The first kappa shape index (κ1) is 13.3. The first-order valence-electron chi connectivity index (χ1n) is 7.24. The lowest BCUT2D eigenvalue weighted by Gasteiger charge is -2.43. The highest BCUT2D eigenvalue weighted by Crippen LogP contribution is 2.40. The summed E-state index contributed by atoms with van der Waals surface area (Å²) in [5.41, 5.74) is 6.41. The molecule has 100 valence electrons. The van der Waals surface area contributed by atoms with Crippen molar-refractivity contribution in [1.82, 2.24) is 4.90 Å². The first-order chi connectivity index (χ1) is 8.19. The van der Waals surface area contributed by atoms with E-state index in [1.54, 1.807) is 0 Å². The van der Waals surface area contributed by atoms with Crippen LogP contribution in [0.15, 0.2) is 0 Å². The molecule has 3 heteroatoms. The van der Waals surface area contributed by atoms with E-state index in [-0.39, 0.29) is 0 Å². The lowest BCUT2D eigenvalue weighted by atomic mass is 9.69. The average molecular weight is 240 g/mol. The maximum Gasteiger partial charge on any atom is 0.0586 e. The predicted octanol–water partition coefficient (Wildman–Crippen LogP) is 1.60. The van der Waals surface area contributed by atoms with Crippen LogP contribution in [0.4, 0.5) is 0 Å². The van der Waals surface area contributed by atoms with Crippen LogP contribution < -0.4 is 5.73 Å². The zero-order valence-corrected chi connectivity index (χ0v) is 11.2. The maximum atomic E-state index is 9.40. The zero-order valence-electron chi connectivity index (χ0n) is 11.2. The van der Waals surface area contributed by atoms with Crippen molar-refractivity contribution in [3.8, 4) is 0 Å². The fourth-order valence-corrected chi connectivity index (χ4v) is 3.90. The molecule has 0 spiro atoms. The van der Waals surface area contributed by atoms with Crippen molar-refractivity contribution in [3.05, 3.63) is 0 Å². The third kappa shape index (κ3) is 3.01. The Kier molecular flexibility index (Phi) is 4.45.